The molecule has 0 spiro atoms. The van der Waals surface area contributed by atoms with Gasteiger partial charge in [0.15, 0.2) is 42.6 Å². The molecule has 0 saturated heterocycles. The van der Waals surface area contributed by atoms with Crippen LogP contribution in [0.4, 0.5) is 47.3 Å². The SMILES string of the molecule is COc1cc(/C=[N+]2/COc3c(C)cc(C)cc32)cc(OC)c1OC.Cc1cc(C)c2c(c1)/[N+](=C\C1CCCCC1)CO2.Cc1cc(C)c2c(c1)/[N+](=C\c1ccc(F)cc1)CO2.Cc1cc(C)c2c(c1)/[N+](=C\c1ccc([N+](=O)[O-])cc1)CO2.Cc1ccc(C)c(/C=[N+]2/COc3c(C)cc(C)cc32)c1.FCF. The number of benzene rings is 9. The second-order valence-corrected chi connectivity index (χ2v) is 27.2. The Morgan fingerprint density at radius 3 is 1.11 bits per heavy atom. The fraction of sp³-hybridized carbons (Fsp3) is 0.314. The van der Waals surface area contributed by atoms with E-state index in [0.29, 0.717) is 50.9 Å². The Labute approximate surface area is 614 Å². The summed E-state index contributed by atoms with van der Waals surface area (Å²) in [7, 11) is 4.82. The predicted octanol–water partition coefficient (Wildman–Crippen LogP) is 19.2. The summed E-state index contributed by atoms with van der Waals surface area (Å²) < 4.78 is 87.9. The second-order valence-electron chi connectivity index (χ2n) is 27.2. The van der Waals surface area contributed by atoms with Crippen LogP contribution >= 0.6 is 0 Å². The van der Waals surface area contributed by atoms with E-state index >= 15 is 0 Å². The highest BCUT2D eigenvalue weighted by atomic mass is 19.3. The van der Waals surface area contributed by atoms with E-state index in [0.717, 1.165) is 85.1 Å². The Hall–Kier alpha value is -11.1. The van der Waals surface area contributed by atoms with Gasteiger partial charge in [-0.1, -0.05) is 67.3 Å². The third kappa shape index (κ3) is 19.0. The lowest BCUT2D eigenvalue weighted by Gasteiger charge is -2.15. The van der Waals surface area contributed by atoms with Crippen LogP contribution < -0.4 is 37.9 Å². The van der Waals surface area contributed by atoms with Gasteiger partial charge in [-0.05, 0) is 212 Å². The van der Waals surface area contributed by atoms with E-state index < -0.39 is 11.9 Å². The largest absolute Gasteiger partial charge is 0.493 e. The number of halogens is 3. The Kier molecular flexibility index (Phi) is 25.5. The average Bonchev–Trinajstić information content (AvgIpc) is 1.77. The van der Waals surface area contributed by atoms with Gasteiger partial charge in [0.05, 0.1) is 26.3 Å². The van der Waals surface area contributed by atoms with Crippen LogP contribution in [0.25, 0.3) is 0 Å². The smallest absolute Gasteiger partial charge is 0.293 e. The maximum absolute atomic E-state index is 12.9. The maximum atomic E-state index is 12.9. The first kappa shape index (κ1) is 76.6. The molecule has 0 unspecified atom stereocenters. The lowest BCUT2D eigenvalue weighted by Crippen LogP contribution is -2.15. The van der Waals surface area contributed by atoms with Crippen LogP contribution in [0.15, 0.2) is 140 Å². The number of nitro benzene ring substituents is 1. The number of nitrogens with zero attached hydrogens (tertiary/aromatic N) is 6. The Morgan fingerprint density at radius 2 is 0.752 bits per heavy atom. The predicted molar refractivity (Wildman–Crippen MR) is 409 cm³/mol. The van der Waals surface area contributed by atoms with E-state index in [-0.39, 0.29) is 11.5 Å². The summed E-state index contributed by atoms with van der Waals surface area (Å²) in [6.45, 7) is 26.1. The van der Waals surface area contributed by atoms with Gasteiger partial charge in [0.2, 0.25) is 41.4 Å². The molecule has 5 heterocycles. The van der Waals surface area contributed by atoms with Crippen LogP contribution in [-0.4, -0.2) is 121 Å². The molecule has 0 bridgehead atoms. The Morgan fingerprint density at radius 1 is 0.410 bits per heavy atom. The van der Waals surface area contributed by atoms with Crippen LogP contribution in [0.2, 0.25) is 0 Å². The minimum absolute atomic E-state index is 0.0944. The third-order valence-electron chi connectivity index (χ3n) is 18.6. The van der Waals surface area contributed by atoms with E-state index in [1.54, 1.807) is 45.6 Å². The number of aryl methyl sites for hydroxylation is 12. The molecule has 9 aromatic carbocycles. The molecule has 1 fully saturated rings. The number of methoxy groups -OCH3 is 3. The molecule has 9 aromatic rings. The van der Waals surface area contributed by atoms with Crippen molar-refractivity contribution in [3.63, 3.8) is 0 Å². The molecule has 16 nitrogen and oxygen atoms in total. The zero-order valence-corrected chi connectivity index (χ0v) is 62.9. The van der Waals surface area contributed by atoms with Crippen molar-refractivity contribution in [2.24, 2.45) is 5.92 Å². The first-order valence-corrected chi connectivity index (χ1v) is 35.2. The summed E-state index contributed by atoms with van der Waals surface area (Å²) in [4.78, 5) is 10.3. The van der Waals surface area contributed by atoms with Gasteiger partial charge in [0.1, 0.15) is 5.82 Å². The zero-order valence-electron chi connectivity index (χ0n) is 62.9. The lowest BCUT2D eigenvalue weighted by atomic mass is 9.90. The fourth-order valence-electron chi connectivity index (χ4n) is 13.8. The summed E-state index contributed by atoms with van der Waals surface area (Å²) in [5, 5.41) is 10.7. The van der Waals surface area contributed by atoms with Crippen molar-refractivity contribution in [2.45, 2.75) is 115 Å². The van der Waals surface area contributed by atoms with Crippen LogP contribution in [0.1, 0.15) is 121 Å². The van der Waals surface area contributed by atoms with Crippen LogP contribution in [0, 0.1) is 105 Å². The molecule has 0 aromatic heterocycles. The monoisotopic (exact) mass is 1430 g/mol. The van der Waals surface area contributed by atoms with E-state index in [1.807, 2.05) is 53.8 Å². The van der Waals surface area contributed by atoms with Crippen molar-refractivity contribution in [1.29, 1.82) is 0 Å². The standard InChI is InChI=1S/C19H22NO4.C18H20NO.C16H15FNO.C16H15N2O3.C16H22NO.CH2F2/c1-12-6-13(2)18-15(7-12)20(11-24-18)10-14-8-16(21-3)19(23-5)17(9-14)22-4;1-12-5-6-14(3)16(8-12)10-19-11-20-18-15(4)7-13(2)9-17(18)19;1-11-7-12(2)16-15(8-11)18(10-19-16)9-13-3-5-14(17)6-4-13;1-11-7-12(2)16-15(8-11)17(10-21-16)9-13-3-5-14(6-4-13)18(19)20;1-12-8-13(2)16-15(9-12)17(11-18-16)10-14-6-4-3-5-7-14;2-1-3/h6-10H,11H2,1-5H3;5-10H,11H2,1-4H3;3-9H,10H2,1-2H3;3-9H,10H2,1-2H3;8-10,14H,3-7,11H2,1-2H3;1H2/q5*+1;/b20-10-;19-10-;18-9-;17-9-;17-10-;. The van der Waals surface area contributed by atoms with Crippen molar-refractivity contribution in [1.82, 2.24) is 0 Å². The van der Waals surface area contributed by atoms with Gasteiger partial charge >= 0.3 is 0 Å². The van der Waals surface area contributed by atoms with E-state index in [1.165, 1.54) is 123 Å². The molecule has 105 heavy (non-hydrogen) atoms. The number of fused-ring (bicyclic) bond motifs is 5. The van der Waals surface area contributed by atoms with Crippen LogP contribution in [-0.2, 0) is 0 Å². The van der Waals surface area contributed by atoms with Crippen molar-refractivity contribution >= 4 is 65.2 Å². The van der Waals surface area contributed by atoms with Crippen molar-refractivity contribution < 1.29 is 78.9 Å². The molecule has 0 radical (unpaired) electrons. The van der Waals surface area contributed by atoms with Crippen molar-refractivity contribution in [3.8, 4) is 46.0 Å². The van der Waals surface area contributed by atoms with Gasteiger partial charge in [0, 0.05) is 70.6 Å². The van der Waals surface area contributed by atoms with Crippen molar-refractivity contribution in [2.75, 3.05) is 61.9 Å². The van der Waals surface area contributed by atoms with Crippen LogP contribution in [0.3, 0.4) is 0 Å². The topological polar surface area (TPSA) is 132 Å². The van der Waals surface area contributed by atoms with Crippen molar-refractivity contribution in [3.05, 3.63) is 244 Å². The normalized spacial score (nSPS) is 15.9. The minimum Gasteiger partial charge on any atom is -0.493 e. The summed E-state index contributed by atoms with van der Waals surface area (Å²) >= 11 is 0. The molecule has 0 amide bonds. The highest BCUT2D eigenvalue weighted by Crippen LogP contribution is 2.43. The molecule has 546 valence electrons. The first-order chi connectivity index (χ1) is 50.4. The third-order valence-corrected chi connectivity index (χ3v) is 18.6. The van der Waals surface area contributed by atoms with Gasteiger partial charge in [0.25, 0.3) is 67.8 Å². The zero-order chi connectivity index (χ0) is 75.2. The Balaban J connectivity index is 0.000000140. The molecule has 1 saturated carbocycles. The van der Waals surface area contributed by atoms with E-state index in [4.69, 9.17) is 37.9 Å². The van der Waals surface area contributed by atoms with Gasteiger partial charge in [-0.3, -0.25) is 10.1 Å². The average molecular weight is 1430 g/mol. The quantitative estimate of drug-likeness (QED) is 0.0781. The van der Waals surface area contributed by atoms with E-state index in [9.17, 15) is 23.3 Å². The van der Waals surface area contributed by atoms with Gasteiger partial charge in [-0.25, -0.2) is 13.2 Å². The van der Waals surface area contributed by atoms with Gasteiger partial charge < -0.3 is 37.9 Å². The molecule has 19 heteroatoms. The molecule has 1 aliphatic carbocycles. The second kappa shape index (κ2) is 34.9. The number of hydrogen-bond donors (Lipinski definition) is 0. The number of ether oxygens (including phenoxy) is 8. The Bertz CT molecular complexity index is 4820. The molecular weight excluding hydrogens is 1330 g/mol. The van der Waals surface area contributed by atoms with Crippen LogP contribution in [0.5, 0.6) is 46.0 Å². The number of alkyl halides is 2. The van der Waals surface area contributed by atoms with Gasteiger partial charge in [-0.15, -0.1) is 0 Å². The number of rotatable bonds is 9. The molecule has 15 rings (SSSR count). The minimum atomic E-state index is -1.75. The fourth-order valence-corrected chi connectivity index (χ4v) is 13.8. The molecular formula is C86H96F3N6O10+5. The highest BCUT2D eigenvalue weighted by molar-refractivity contribution is 5.82. The number of nitro groups is 1. The summed E-state index contributed by atoms with van der Waals surface area (Å²) in [6.07, 6.45) is 17.4. The summed E-state index contributed by atoms with van der Waals surface area (Å²) in [6, 6.07) is 44.7. The molecule has 0 N–H and O–H groups in total. The van der Waals surface area contributed by atoms with E-state index in [2.05, 4.69) is 174 Å². The summed E-state index contributed by atoms with van der Waals surface area (Å²) in [5.41, 5.74) is 24.4. The molecule has 5 aliphatic heterocycles. The maximum Gasteiger partial charge on any atom is 0.293 e. The lowest BCUT2D eigenvalue weighted by molar-refractivity contribution is -0.455. The van der Waals surface area contributed by atoms with Gasteiger partial charge in [-0.2, -0.15) is 22.9 Å². The summed E-state index contributed by atoms with van der Waals surface area (Å²) in [5.74, 6) is 7.22. The number of non-ortho nitro benzene ring substituents is 1. The molecule has 6 aliphatic rings. The highest BCUT2D eigenvalue weighted by Gasteiger charge is 2.33. The molecule has 0 atom stereocenters. The first-order valence-electron chi connectivity index (χ1n) is 35.2. The number of hydrogen-bond acceptors (Lipinski definition) is 10.